The molecule has 1 heterocycles. The van der Waals surface area contributed by atoms with Crippen molar-refractivity contribution < 1.29 is 4.74 Å². The standard InChI is InChI=1S/C11H23NO/c1-3-4-9(2)11(12)10-5-7-13-8-6-10/h9-11H,3-8,12H2,1-2H3. The van der Waals surface area contributed by atoms with Gasteiger partial charge >= 0.3 is 0 Å². The van der Waals surface area contributed by atoms with Crippen molar-refractivity contribution in [1.82, 2.24) is 0 Å². The van der Waals surface area contributed by atoms with Crippen LogP contribution in [0.1, 0.15) is 39.5 Å². The monoisotopic (exact) mass is 185 g/mol. The normalized spacial score (nSPS) is 24.2. The second-order valence-electron chi connectivity index (χ2n) is 4.29. The molecule has 0 aromatic carbocycles. The molecule has 0 aromatic rings. The van der Waals surface area contributed by atoms with Crippen LogP contribution >= 0.6 is 0 Å². The Balaban J connectivity index is 2.31. The number of hydrogen-bond acceptors (Lipinski definition) is 2. The third-order valence-electron chi connectivity index (χ3n) is 3.21. The van der Waals surface area contributed by atoms with E-state index in [0.29, 0.717) is 17.9 Å². The summed E-state index contributed by atoms with van der Waals surface area (Å²) in [6.07, 6.45) is 4.83. The summed E-state index contributed by atoms with van der Waals surface area (Å²) in [7, 11) is 0. The van der Waals surface area contributed by atoms with E-state index in [1.54, 1.807) is 0 Å². The molecule has 0 saturated carbocycles. The third kappa shape index (κ3) is 3.28. The van der Waals surface area contributed by atoms with E-state index >= 15 is 0 Å². The molecule has 1 aliphatic rings. The second kappa shape index (κ2) is 5.61. The van der Waals surface area contributed by atoms with E-state index in [1.807, 2.05) is 0 Å². The van der Waals surface area contributed by atoms with Gasteiger partial charge in [0, 0.05) is 19.3 Å². The van der Waals surface area contributed by atoms with Crippen LogP contribution in [0, 0.1) is 11.8 Å². The van der Waals surface area contributed by atoms with E-state index in [4.69, 9.17) is 10.5 Å². The Bertz CT molecular complexity index is 132. The summed E-state index contributed by atoms with van der Waals surface area (Å²) in [6, 6.07) is 0.392. The van der Waals surface area contributed by atoms with Crippen molar-refractivity contribution in [2.75, 3.05) is 13.2 Å². The molecule has 78 valence electrons. The van der Waals surface area contributed by atoms with E-state index < -0.39 is 0 Å². The fraction of sp³-hybridized carbons (Fsp3) is 1.00. The van der Waals surface area contributed by atoms with E-state index in [9.17, 15) is 0 Å². The average molecular weight is 185 g/mol. The molecular weight excluding hydrogens is 162 g/mol. The van der Waals surface area contributed by atoms with Crippen molar-refractivity contribution >= 4 is 0 Å². The molecule has 0 aliphatic carbocycles. The van der Waals surface area contributed by atoms with Gasteiger partial charge in [0.25, 0.3) is 0 Å². The van der Waals surface area contributed by atoms with E-state index in [0.717, 1.165) is 26.1 Å². The zero-order chi connectivity index (χ0) is 9.68. The molecule has 1 fully saturated rings. The van der Waals surface area contributed by atoms with Crippen LogP contribution < -0.4 is 5.73 Å². The average Bonchev–Trinajstić information content (AvgIpc) is 2.18. The largest absolute Gasteiger partial charge is 0.381 e. The Labute approximate surface area is 81.8 Å². The predicted molar refractivity (Wildman–Crippen MR) is 55.6 cm³/mol. The minimum absolute atomic E-state index is 0.392. The van der Waals surface area contributed by atoms with Gasteiger partial charge < -0.3 is 10.5 Å². The molecule has 2 nitrogen and oxygen atoms in total. The predicted octanol–water partition coefficient (Wildman–Crippen LogP) is 2.18. The molecule has 13 heavy (non-hydrogen) atoms. The van der Waals surface area contributed by atoms with Crippen LogP contribution in [0.25, 0.3) is 0 Å². The van der Waals surface area contributed by atoms with Gasteiger partial charge in [0.2, 0.25) is 0 Å². The first-order valence-corrected chi connectivity index (χ1v) is 5.59. The minimum atomic E-state index is 0.392. The Morgan fingerprint density at radius 3 is 2.54 bits per heavy atom. The summed E-state index contributed by atoms with van der Waals surface area (Å²) in [5.41, 5.74) is 6.22. The van der Waals surface area contributed by atoms with Crippen molar-refractivity contribution in [2.24, 2.45) is 17.6 Å². The van der Waals surface area contributed by atoms with Crippen LogP contribution in [0.4, 0.5) is 0 Å². The fourth-order valence-electron chi connectivity index (χ4n) is 2.21. The lowest BCUT2D eigenvalue weighted by atomic mass is 9.83. The van der Waals surface area contributed by atoms with Crippen molar-refractivity contribution in [1.29, 1.82) is 0 Å². The lowest BCUT2D eigenvalue weighted by molar-refractivity contribution is 0.0515. The molecule has 0 amide bonds. The van der Waals surface area contributed by atoms with Gasteiger partial charge in [-0.3, -0.25) is 0 Å². The molecule has 2 atom stereocenters. The molecule has 0 bridgehead atoms. The van der Waals surface area contributed by atoms with Crippen molar-refractivity contribution in [2.45, 2.75) is 45.6 Å². The quantitative estimate of drug-likeness (QED) is 0.728. The van der Waals surface area contributed by atoms with Gasteiger partial charge in [-0.05, 0) is 31.1 Å². The van der Waals surface area contributed by atoms with Crippen LogP contribution in [-0.4, -0.2) is 19.3 Å². The Morgan fingerprint density at radius 1 is 1.38 bits per heavy atom. The topological polar surface area (TPSA) is 35.2 Å². The highest BCUT2D eigenvalue weighted by molar-refractivity contribution is 4.79. The highest BCUT2D eigenvalue weighted by atomic mass is 16.5. The lowest BCUT2D eigenvalue weighted by Crippen LogP contribution is -2.39. The van der Waals surface area contributed by atoms with E-state index in [1.165, 1.54) is 12.8 Å². The van der Waals surface area contributed by atoms with Gasteiger partial charge in [-0.1, -0.05) is 20.3 Å². The fourth-order valence-corrected chi connectivity index (χ4v) is 2.21. The van der Waals surface area contributed by atoms with Crippen molar-refractivity contribution in [3.63, 3.8) is 0 Å². The highest BCUT2D eigenvalue weighted by Crippen LogP contribution is 2.24. The van der Waals surface area contributed by atoms with Crippen LogP contribution in [0.3, 0.4) is 0 Å². The molecule has 0 aromatic heterocycles. The molecule has 1 aliphatic heterocycles. The number of ether oxygens (including phenoxy) is 1. The lowest BCUT2D eigenvalue weighted by Gasteiger charge is -2.31. The van der Waals surface area contributed by atoms with E-state index in [2.05, 4.69) is 13.8 Å². The second-order valence-corrected chi connectivity index (χ2v) is 4.29. The summed E-state index contributed by atoms with van der Waals surface area (Å²) in [5.74, 6) is 1.38. The van der Waals surface area contributed by atoms with Gasteiger partial charge in [0.1, 0.15) is 0 Å². The van der Waals surface area contributed by atoms with Gasteiger partial charge in [-0.25, -0.2) is 0 Å². The van der Waals surface area contributed by atoms with Crippen LogP contribution in [0.2, 0.25) is 0 Å². The molecule has 0 spiro atoms. The van der Waals surface area contributed by atoms with Crippen LogP contribution in [0.15, 0.2) is 0 Å². The van der Waals surface area contributed by atoms with Crippen molar-refractivity contribution in [3.8, 4) is 0 Å². The Hall–Kier alpha value is -0.0800. The molecular formula is C11H23NO. The smallest absolute Gasteiger partial charge is 0.0469 e. The molecule has 1 rings (SSSR count). The number of rotatable bonds is 4. The maximum atomic E-state index is 6.22. The van der Waals surface area contributed by atoms with Crippen LogP contribution in [-0.2, 0) is 4.74 Å². The van der Waals surface area contributed by atoms with Gasteiger partial charge in [-0.15, -0.1) is 0 Å². The molecule has 2 N–H and O–H groups in total. The van der Waals surface area contributed by atoms with E-state index in [-0.39, 0.29) is 0 Å². The first kappa shape index (κ1) is 11.0. The summed E-state index contributed by atoms with van der Waals surface area (Å²) >= 11 is 0. The Kier molecular flexibility index (Phi) is 4.74. The van der Waals surface area contributed by atoms with Crippen LogP contribution in [0.5, 0.6) is 0 Å². The number of hydrogen-bond donors (Lipinski definition) is 1. The summed E-state index contributed by atoms with van der Waals surface area (Å²) < 4.78 is 5.33. The zero-order valence-corrected chi connectivity index (χ0v) is 8.96. The zero-order valence-electron chi connectivity index (χ0n) is 8.96. The summed E-state index contributed by atoms with van der Waals surface area (Å²) in [6.45, 7) is 6.34. The first-order chi connectivity index (χ1) is 6.25. The summed E-state index contributed by atoms with van der Waals surface area (Å²) in [5, 5.41) is 0. The molecule has 2 unspecified atom stereocenters. The van der Waals surface area contributed by atoms with Crippen molar-refractivity contribution in [3.05, 3.63) is 0 Å². The van der Waals surface area contributed by atoms with Gasteiger partial charge in [-0.2, -0.15) is 0 Å². The van der Waals surface area contributed by atoms with Gasteiger partial charge in [0.05, 0.1) is 0 Å². The molecule has 2 heteroatoms. The SMILES string of the molecule is CCCC(C)C(N)C1CCOCC1. The Morgan fingerprint density at radius 2 is 2.00 bits per heavy atom. The molecule has 0 radical (unpaired) electrons. The minimum Gasteiger partial charge on any atom is -0.381 e. The maximum Gasteiger partial charge on any atom is 0.0469 e. The molecule has 1 saturated heterocycles. The first-order valence-electron chi connectivity index (χ1n) is 5.59. The van der Waals surface area contributed by atoms with Gasteiger partial charge in [0.15, 0.2) is 0 Å². The maximum absolute atomic E-state index is 6.22. The highest BCUT2D eigenvalue weighted by Gasteiger charge is 2.24. The third-order valence-corrected chi connectivity index (χ3v) is 3.21. The number of nitrogens with two attached hydrogens (primary N) is 1. The summed E-state index contributed by atoms with van der Waals surface area (Å²) in [4.78, 5) is 0.